The second-order valence-electron chi connectivity index (χ2n) is 6.50. The number of carbonyl (C=O) groups excluding carboxylic acids is 2. The van der Waals surface area contributed by atoms with Crippen LogP contribution in [0.3, 0.4) is 0 Å². The van der Waals surface area contributed by atoms with E-state index < -0.39 is 11.7 Å². The lowest BCUT2D eigenvalue weighted by Gasteiger charge is -2.26. The van der Waals surface area contributed by atoms with Gasteiger partial charge in [0.05, 0.1) is 13.2 Å². The molecular formula is C21H19FN2O5. The highest BCUT2D eigenvalue weighted by Crippen LogP contribution is 2.32. The number of carbonyl (C=O) groups is 2. The van der Waals surface area contributed by atoms with Crippen molar-refractivity contribution in [2.45, 2.75) is 0 Å². The molecule has 0 unspecified atom stereocenters. The minimum absolute atomic E-state index is 0.0724. The van der Waals surface area contributed by atoms with Crippen LogP contribution in [0.25, 0.3) is 11.0 Å². The Kier molecular flexibility index (Phi) is 5.44. The lowest BCUT2D eigenvalue weighted by molar-refractivity contribution is -0.118. The van der Waals surface area contributed by atoms with Crippen LogP contribution in [0.1, 0.15) is 10.6 Å². The molecule has 7 nitrogen and oxygen atoms in total. The highest BCUT2D eigenvalue weighted by Gasteiger charge is 2.27. The van der Waals surface area contributed by atoms with Gasteiger partial charge in [-0.05, 0) is 36.4 Å². The van der Waals surface area contributed by atoms with Crippen molar-refractivity contribution in [2.75, 3.05) is 38.2 Å². The van der Waals surface area contributed by atoms with E-state index >= 15 is 0 Å². The second-order valence-corrected chi connectivity index (χ2v) is 6.50. The van der Waals surface area contributed by atoms with E-state index in [2.05, 4.69) is 5.32 Å². The van der Waals surface area contributed by atoms with Gasteiger partial charge in [0, 0.05) is 18.5 Å². The Morgan fingerprint density at radius 2 is 1.79 bits per heavy atom. The summed E-state index contributed by atoms with van der Waals surface area (Å²) in [5.41, 5.74) is 0.809. The summed E-state index contributed by atoms with van der Waals surface area (Å²) in [7, 11) is 0. The molecule has 1 aliphatic rings. The van der Waals surface area contributed by atoms with Crippen molar-refractivity contribution < 1.29 is 27.9 Å². The summed E-state index contributed by atoms with van der Waals surface area (Å²) in [6.45, 7) is 1.53. The monoisotopic (exact) mass is 398 g/mol. The van der Waals surface area contributed by atoms with E-state index in [-0.39, 0.29) is 18.3 Å². The summed E-state index contributed by atoms with van der Waals surface area (Å²) in [5, 5.41) is 3.35. The molecule has 1 fully saturated rings. The zero-order valence-electron chi connectivity index (χ0n) is 15.5. The second kappa shape index (κ2) is 8.32. The van der Waals surface area contributed by atoms with Crippen LogP contribution in [0.4, 0.5) is 10.1 Å². The Morgan fingerprint density at radius 3 is 2.55 bits per heavy atom. The third-order valence-corrected chi connectivity index (χ3v) is 4.54. The SMILES string of the molecule is O=C(COc1ccc(F)cc1)Nc1c(C(=O)N2CCOCC2)oc2ccccc12. The Morgan fingerprint density at radius 1 is 1.07 bits per heavy atom. The molecule has 1 aromatic heterocycles. The molecule has 1 saturated heterocycles. The fourth-order valence-corrected chi connectivity index (χ4v) is 3.09. The number of nitrogens with one attached hydrogen (secondary N) is 1. The molecule has 0 spiro atoms. The van der Waals surface area contributed by atoms with Crippen LogP contribution < -0.4 is 10.1 Å². The first-order valence-corrected chi connectivity index (χ1v) is 9.18. The number of benzene rings is 2. The minimum Gasteiger partial charge on any atom is -0.484 e. The van der Waals surface area contributed by atoms with Crippen LogP contribution in [0, 0.1) is 5.82 Å². The van der Waals surface area contributed by atoms with Gasteiger partial charge in [-0.2, -0.15) is 0 Å². The normalized spacial score (nSPS) is 14.0. The molecule has 1 N–H and O–H groups in total. The molecule has 4 rings (SSSR count). The number of furan rings is 1. The Hall–Kier alpha value is -3.39. The third kappa shape index (κ3) is 4.22. The summed E-state index contributed by atoms with van der Waals surface area (Å²) < 4.78 is 29.4. The summed E-state index contributed by atoms with van der Waals surface area (Å²) in [4.78, 5) is 27.0. The molecule has 150 valence electrons. The van der Waals surface area contributed by atoms with Crippen LogP contribution in [0.5, 0.6) is 5.75 Å². The van der Waals surface area contributed by atoms with E-state index in [1.807, 2.05) is 0 Å². The van der Waals surface area contributed by atoms with Gasteiger partial charge in [-0.25, -0.2) is 4.39 Å². The van der Waals surface area contributed by atoms with E-state index in [0.29, 0.717) is 48.7 Å². The summed E-state index contributed by atoms with van der Waals surface area (Å²) in [6, 6.07) is 12.4. The lowest BCUT2D eigenvalue weighted by atomic mass is 10.2. The predicted octanol–water partition coefficient (Wildman–Crippen LogP) is 3.06. The van der Waals surface area contributed by atoms with Crippen LogP contribution in [0.2, 0.25) is 0 Å². The van der Waals surface area contributed by atoms with Gasteiger partial charge in [0.2, 0.25) is 5.76 Å². The van der Waals surface area contributed by atoms with Crippen molar-refractivity contribution in [1.29, 1.82) is 0 Å². The third-order valence-electron chi connectivity index (χ3n) is 4.54. The maximum atomic E-state index is 13.0. The number of rotatable bonds is 5. The number of amides is 2. The fourth-order valence-electron chi connectivity index (χ4n) is 3.09. The van der Waals surface area contributed by atoms with E-state index in [0.717, 1.165) is 0 Å². The number of morpholine rings is 1. The van der Waals surface area contributed by atoms with Gasteiger partial charge >= 0.3 is 0 Å². The first-order valence-electron chi connectivity index (χ1n) is 9.18. The van der Waals surface area contributed by atoms with Crippen LogP contribution in [-0.4, -0.2) is 49.6 Å². The number of hydrogen-bond donors (Lipinski definition) is 1. The average molecular weight is 398 g/mol. The largest absolute Gasteiger partial charge is 0.484 e. The van der Waals surface area contributed by atoms with Gasteiger partial charge in [0.25, 0.3) is 11.8 Å². The van der Waals surface area contributed by atoms with E-state index in [4.69, 9.17) is 13.9 Å². The molecule has 0 saturated carbocycles. The smallest absolute Gasteiger partial charge is 0.291 e. The Bertz CT molecular complexity index is 1030. The molecule has 3 aromatic rings. The van der Waals surface area contributed by atoms with Crippen LogP contribution >= 0.6 is 0 Å². The molecule has 2 amide bonds. The molecule has 29 heavy (non-hydrogen) atoms. The number of hydrogen-bond acceptors (Lipinski definition) is 5. The van der Waals surface area contributed by atoms with Gasteiger partial charge in [0.1, 0.15) is 22.8 Å². The minimum atomic E-state index is -0.461. The van der Waals surface area contributed by atoms with Gasteiger partial charge in [0.15, 0.2) is 6.61 Å². The summed E-state index contributed by atoms with van der Waals surface area (Å²) >= 11 is 0. The molecule has 0 atom stereocenters. The molecule has 8 heteroatoms. The molecule has 0 radical (unpaired) electrons. The van der Waals surface area contributed by atoms with Gasteiger partial charge < -0.3 is 24.1 Å². The van der Waals surface area contributed by atoms with Crippen molar-refractivity contribution >= 4 is 28.5 Å². The van der Waals surface area contributed by atoms with Crippen molar-refractivity contribution in [3.63, 3.8) is 0 Å². The highest BCUT2D eigenvalue weighted by molar-refractivity contribution is 6.11. The summed E-state index contributed by atoms with van der Waals surface area (Å²) in [6.07, 6.45) is 0. The fraction of sp³-hybridized carbons (Fsp3) is 0.238. The Labute approximate surface area is 166 Å². The van der Waals surface area contributed by atoms with Crippen molar-refractivity contribution in [2.24, 2.45) is 0 Å². The number of para-hydroxylation sites is 1. The van der Waals surface area contributed by atoms with E-state index in [1.165, 1.54) is 24.3 Å². The molecular weight excluding hydrogens is 379 g/mol. The number of halogens is 1. The van der Waals surface area contributed by atoms with Crippen molar-refractivity contribution in [3.8, 4) is 5.75 Å². The van der Waals surface area contributed by atoms with Gasteiger partial charge in [-0.3, -0.25) is 9.59 Å². The van der Waals surface area contributed by atoms with Gasteiger partial charge in [-0.15, -0.1) is 0 Å². The van der Waals surface area contributed by atoms with Gasteiger partial charge in [-0.1, -0.05) is 12.1 Å². The average Bonchev–Trinajstić information content (AvgIpc) is 3.12. The maximum absolute atomic E-state index is 13.0. The number of nitrogens with zero attached hydrogens (tertiary/aromatic N) is 1. The van der Waals surface area contributed by atoms with Crippen LogP contribution in [-0.2, 0) is 9.53 Å². The molecule has 1 aliphatic heterocycles. The standard InChI is InChI=1S/C21H19FN2O5/c22-14-5-7-15(8-6-14)28-13-18(25)23-19-16-3-1-2-4-17(16)29-20(19)21(26)24-9-11-27-12-10-24/h1-8H,9-13H2,(H,23,25). The zero-order chi connectivity index (χ0) is 20.2. The first kappa shape index (κ1) is 18.9. The van der Waals surface area contributed by atoms with Crippen molar-refractivity contribution in [3.05, 3.63) is 60.1 Å². The Balaban J connectivity index is 1.54. The zero-order valence-corrected chi connectivity index (χ0v) is 15.5. The van der Waals surface area contributed by atoms with Crippen LogP contribution in [0.15, 0.2) is 52.9 Å². The molecule has 2 heterocycles. The maximum Gasteiger partial charge on any atom is 0.291 e. The summed E-state index contributed by atoms with van der Waals surface area (Å²) in [5.74, 6) is -0.722. The lowest BCUT2D eigenvalue weighted by Crippen LogP contribution is -2.40. The molecule has 0 aliphatic carbocycles. The number of fused-ring (bicyclic) bond motifs is 1. The first-order chi connectivity index (χ1) is 14.1. The topological polar surface area (TPSA) is 81.0 Å². The molecule has 0 bridgehead atoms. The highest BCUT2D eigenvalue weighted by atomic mass is 19.1. The van der Waals surface area contributed by atoms with E-state index in [1.54, 1.807) is 29.2 Å². The van der Waals surface area contributed by atoms with E-state index in [9.17, 15) is 14.0 Å². The predicted molar refractivity (Wildman–Crippen MR) is 103 cm³/mol. The number of anilines is 1. The van der Waals surface area contributed by atoms with Crippen molar-refractivity contribution in [1.82, 2.24) is 4.90 Å². The number of ether oxygens (including phenoxy) is 2. The molecule has 2 aromatic carbocycles. The quantitative estimate of drug-likeness (QED) is 0.715.